The van der Waals surface area contributed by atoms with Crippen LogP contribution in [-0.4, -0.2) is 54.2 Å². The van der Waals surface area contributed by atoms with Crippen molar-refractivity contribution in [1.29, 1.82) is 0 Å². The van der Waals surface area contributed by atoms with Gasteiger partial charge in [-0.3, -0.25) is 14.5 Å². The lowest BCUT2D eigenvalue weighted by molar-refractivity contribution is -0.128. The Kier molecular flexibility index (Phi) is 5.15. The van der Waals surface area contributed by atoms with Crippen LogP contribution in [0.3, 0.4) is 0 Å². The molecule has 0 saturated carbocycles. The average molecular weight is 295 g/mol. The van der Waals surface area contributed by atoms with E-state index in [4.69, 9.17) is 11.6 Å². The van der Waals surface area contributed by atoms with E-state index in [0.717, 1.165) is 26.1 Å². The van der Waals surface area contributed by atoms with Crippen LogP contribution in [0.25, 0.3) is 0 Å². The van der Waals surface area contributed by atoms with Crippen molar-refractivity contribution in [3.05, 3.63) is 34.9 Å². The maximum atomic E-state index is 12.3. The van der Waals surface area contributed by atoms with Crippen molar-refractivity contribution >= 4 is 23.3 Å². The SMILES string of the molecule is CC(=O)N1CCCN(CC(=O)c2ccccc2Cl)CC1. The third kappa shape index (κ3) is 3.81. The van der Waals surface area contributed by atoms with Gasteiger partial charge in [-0.2, -0.15) is 0 Å². The molecule has 0 bridgehead atoms. The van der Waals surface area contributed by atoms with Crippen molar-refractivity contribution in [2.45, 2.75) is 13.3 Å². The quantitative estimate of drug-likeness (QED) is 0.802. The number of Topliss-reactive ketones (excluding diaryl/α,β-unsaturated/α-hetero) is 1. The minimum Gasteiger partial charge on any atom is -0.342 e. The van der Waals surface area contributed by atoms with E-state index < -0.39 is 0 Å². The van der Waals surface area contributed by atoms with Crippen molar-refractivity contribution in [3.63, 3.8) is 0 Å². The van der Waals surface area contributed by atoms with Gasteiger partial charge in [-0.1, -0.05) is 23.7 Å². The summed E-state index contributed by atoms with van der Waals surface area (Å²) in [5.41, 5.74) is 0.571. The molecular formula is C15H19ClN2O2. The highest BCUT2D eigenvalue weighted by Gasteiger charge is 2.19. The Labute approximate surface area is 124 Å². The van der Waals surface area contributed by atoms with Gasteiger partial charge < -0.3 is 4.90 Å². The van der Waals surface area contributed by atoms with Gasteiger partial charge in [0.25, 0.3) is 0 Å². The molecule has 5 heteroatoms. The number of ketones is 1. The first-order valence-corrected chi connectivity index (χ1v) is 7.21. The van der Waals surface area contributed by atoms with E-state index >= 15 is 0 Å². The summed E-state index contributed by atoms with van der Waals surface area (Å²) in [4.78, 5) is 27.5. The molecule has 0 unspecified atom stereocenters. The van der Waals surface area contributed by atoms with Crippen LogP contribution in [0, 0.1) is 0 Å². The van der Waals surface area contributed by atoms with Crippen LogP contribution in [0.1, 0.15) is 23.7 Å². The summed E-state index contributed by atoms with van der Waals surface area (Å²) < 4.78 is 0. The standard InChI is InChI=1S/C15H19ClN2O2/c1-12(19)18-8-4-7-17(9-10-18)11-15(20)13-5-2-3-6-14(13)16/h2-3,5-6H,4,7-11H2,1H3. The van der Waals surface area contributed by atoms with Crippen LogP contribution >= 0.6 is 11.6 Å². The van der Waals surface area contributed by atoms with Crippen LogP contribution in [0.15, 0.2) is 24.3 Å². The summed E-state index contributed by atoms with van der Waals surface area (Å²) in [7, 11) is 0. The zero-order chi connectivity index (χ0) is 14.5. The molecule has 0 aromatic heterocycles. The molecular weight excluding hydrogens is 276 g/mol. The van der Waals surface area contributed by atoms with E-state index in [1.807, 2.05) is 17.0 Å². The molecule has 4 nitrogen and oxygen atoms in total. The topological polar surface area (TPSA) is 40.6 Å². The summed E-state index contributed by atoms with van der Waals surface area (Å²) >= 11 is 6.04. The first-order valence-electron chi connectivity index (χ1n) is 6.83. The van der Waals surface area contributed by atoms with Crippen LogP contribution in [0.5, 0.6) is 0 Å². The summed E-state index contributed by atoms with van der Waals surface area (Å²) in [6.45, 7) is 4.97. The molecule has 0 N–H and O–H groups in total. The fraction of sp³-hybridized carbons (Fsp3) is 0.467. The second kappa shape index (κ2) is 6.86. The monoisotopic (exact) mass is 294 g/mol. The summed E-state index contributed by atoms with van der Waals surface area (Å²) in [6.07, 6.45) is 0.898. The maximum Gasteiger partial charge on any atom is 0.219 e. The van der Waals surface area contributed by atoms with Gasteiger partial charge in [-0.25, -0.2) is 0 Å². The molecule has 1 saturated heterocycles. The van der Waals surface area contributed by atoms with Crippen molar-refractivity contribution in [2.24, 2.45) is 0 Å². The smallest absolute Gasteiger partial charge is 0.219 e. The van der Waals surface area contributed by atoms with Gasteiger partial charge in [0, 0.05) is 38.7 Å². The lowest BCUT2D eigenvalue weighted by Crippen LogP contribution is -2.35. The predicted octanol–water partition coefficient (Wildman–Crippen LogP) is 2.08. The second-order valence-electron chi connectivity index (χ2n) is 5.04. The second-order valence-corrected chi connectivity index (χ2v) is 5.45. The number of halogens is 1. The van der Waals surface area contributed by atoms with E-state index in [1.54, 1.807) is 19.1 Å². The Morgan fingerprint density at radius 2 is 1.90 bits per heavy atom. The number of hydrogen-bond donors (Lipinski definition) is 0. The third-order valence-electron chi connectivity index (χ3n) is 3.58. The van der Waals surface area contributed by atoms with E-state index in [9.17, 15) is 9.59 Å². The number of amides is 1. The Bertz CT molecular complexity index is 504. The fourth-order valence-corrected chi connectivity index (χ4v) is 2.66. The maximum absolute atomic E-state index is 12.3. The molecule has 1 fully saturated rings. The van der Waals surface area contributed by atoms with E-state index in [-0.39, 0.29) is 11.7 Å². The average Bonchev–Trinajstić information content (AvgIpc) is 2.65. The predicted molar refractivity (Wildman–Crippen MR) is 79.1 cm³/mol. The third-order valence-corrected chi connectivity index (χ3v) is 3.90. The minimum atomic E-state index is 0.0341. The molecule has 20 heavy (non-hydrogen) atoms. The molecule has 1 aliphatic heterocycles. The fourth-order valence-electron chi connectivity index (χ4n) is 2.42. The lowest BCUT2D eigenvalue weighted by atomic mass is 10.1. The Morgan fingerprint density at radius 1 is 1.15 bits per heavy atom. The highest BCUT2D eigenvalue weighted by Crippen LogP contribution is 2.16. The van der Waals surface area contributed by atoms with Crippen molar-refractivity contribution in [1.82, 2.24) is 9.80 Å². The largest absolute Gasteiger partial charge is 0.342 e. The Balaban J connectivity index is 1.95. The first kappa shape index (κ1) is 15.0. The van der Waals surface area contributed by atoms with Gasteiger partial charge in [0.15, 0.2) is 5.78 Å². The number of nitrogens with zero attached hydrogens (tertiary/aromatic N) is 2. The highest BCUT2D eigenvalue weighted by atomic mass is 35.5. The number of carbonyl (C=O) groups is 2. The van der Waals surface area contributed by atoms with Crippen molar-refractivity contribution < 1.29 is 9.59 Å². The molecule has 1 aromatic rings. The van der Waals surface area contributed by atoms with E-state index in [0.29, 0.717) is 23.7 Å². The first-order chi connectivity index (χ1) is 9.58. The van der Waals surface area contributed by atoms with Crippen LogP contribution in [0.2, 0.25) is 5.02 Å². The molecule has 1 aliphatic rings. The van der Waals surface area contributed by atoms with E-state index in [1.165, 1.54) is 0 Å². The molecule has 1 amide bonds. The number of carbonyl (C=O) groups excluding carboxylic acids is 2. The zero-order valence-electron chi connectivity index (χ0n) is 11.6. The van der Waals surface area contributed by atoms with Crippen molar-refractivity contribution in [3.8, 4) is 0 Å². The normalized spacial score (nSPS) is 16.8. The molecule has 0 atom stereocenters. The summed E-state index contributed by atoms with van der Waals surface area (Å²) in [6, 6.07) is 7.12. The zero-order valence-corrected chi connectivity index (χ0v) is 12.4. The van der Waals surface area contributed by atoms with E-state index in [2.05, 4.69) is 4.90 Å². The van der Waals surface area contributed by atoms with Crippen molar-refractivity contribution in [2.75, 3.05) is 32.7 Å². The lowest BCUT2D eigenvalue weighted by Gasteiger charge is -2.20. The van der Waals surface area contributed by atoms with Gasteiger partial charge in [0.05, 0.1) is 11.6 Å². The molecule has 0 radical (unpaired) electrons. The van der Waals surface area contributed by atoms with Gasteiger partial charge in [-0.15, -0.1) is 0 Å². The number of rotatable bonds is 3. The Hall–Kier alpha value is -1.39. The van der Waals surface area contributed by atoms with Gasteiger partial charge in [0.1, 0.15) is 0 Å². The van der Waals surface area contributed by atoms with Crippen LogP contribution in [0.4, 0.5) is 0 Å². The van der Waals surface area contributed by atoms with Gasteiger partial charge >= 0.3 is 0 Å². The summed E-state index contributed by atoms with van der Waals surface area (Å²) in [5, 5.41) is 0.498. The van der Waals surface area contributed by atoms with Crippen LogP contribution < -0.4 is 0 Å². The molecule has 0 aliphatic carbocycles. The van der Waals surface area contributed by atoms with Crippen LogP contribution in [-0.2, 0) is 4.79 Å². The number of hydrogen-bond acceptors (Lipinski definition) is 3. The highest BCUT2D eigenvalue weighted by molar-refractivity contribution is 6.34. The molecule has 108 valence electrons. The molecule has 1 aromatic carbocycles. The molecule has 0 spiro atoms. The Morgan fingerprint density at radius 3 is 2.60 bits per heavy atom. The molecule has 2 rings (SSSR count). The minimum absolute atomic E-state index is 0.0341. The molecule has 1 heterocycles. The van der Waals surface area contributed by atoms with Gasteiger partial charge in [0.2, 0.25) is 5.91 Å². The summed E-state index contributed by atoms with van der Waals surface area (Å²) in [5.74, 6) is 0.135. The van der Waals surface area contributed by atoms with Gasteiger partial charge in [-0.05, 0) is 18.6 Å². The number of benzene rings is 1.